The summed E-state index contributed by atoms with van der Waals surface area (Å²) in [5.41, 5.74) is 0. The zero-order valence-electron chi connectivity index (χ0n) is 8.68. The lowest BCUT2D eigenvalue weighted by molar-refractivity contribution is -0.206. The van der Waals surface area contributed by atoms with Crippen LogP contribution in [0.25, 0.3) is 0 Å². The molecule has 94 valence electrons. The van der Waals surface area contributed by atoms with Crippen LogP contribution in [0, 0.1) is 0 Å². The first-order chi connectivity index (χ1) is 8.05. The van der Waals surface area contributed by atoms with E-state index in [4.69, 9.17) is 13.6 Å². The van der Waals surface area contributed by atoms with Crippen molar-refractivity contribution in [3.05, 3.63) is 30.3 Å². The Kier molecular flexibility index (Phi) is 3.86. The molecular weight excluding hydrogens is 256 g/mol. The molecule has 7 heteroatoms. The zero-order valence-corrected chi connectivity index (χ0v) is 9.58. The molecule has 0 amide bonds. The van der Waals surface area contributed by atoms with Gasteiger partial charge in [0, 0.05) is 6.42 Å². The number of hydrogen-bond donors (Lipinski definition) is 0. The van der Waals surface area contributed by atoms with Crippen molar-refractivity contribution >= 4 is 8.60 Å². The number of rotatable bonds is 2. The van der Waals surface area contributed by atoms with Crippen molar-refractivity contribution in [1.82, 2.24) is 0 Å². The van der Waals surface area contributed by atoms with E-state index in [2.05, 4.69) is 0 Å². The molecule has 0 saturated carbocycles. The van der Waals surface area contributed by atoms with Crippen LogP contribution in [-0.2, 0) is 9.05 Å². The SMILES string of the molecule is FC(F)(F)C1CCOP(Oc2ccccc2)O1. The molecular formula is C10H10F3O3P. The van der Waals surface area contributed by atoms with Gasteiger partial charge in [-0.15, -0.1) is 0 Å². The van der Waals surface area contributed by atoms with E-state index in [0.29, 0.717) is 5.75 Å². The molecule has 0 bridgehead atoms. The molecule has 1 aromatic rings. The highest BCUT2D eigenvalue weighted by Crippen LogP contribution is 2.48. The van der Waals surface area contributed by atoms with Crippen molar-refractivity contribution in [2.45, 2.75) is 18.7 Å². The molecule has 2 atom stereocenters. The van der Waals surface area contributed by atoms with Crippen molar-refractivity contribution in [2.24, 2.45) is 0 Å². The summed E-state index contributed by atoms with van der Waals surface area (Å²) >= 11 is 0. The summed E-state index contributed by atoms with van der Waals surface area (Å²) < 4.78 is 52.3. The van der Waals surface area contributed by atoms with Gasteiger partial charge < -0.3 is 9.05 Å². The molecule has 1 heterocycles. The molecule has 1 aromatic carbocycles. The molecule has 0 N–H and O–H groups in total. The number of halogens is 3. The van der Waals surface area contributed by atoms with E-state index < -0.39 is 20.9 Å². The summed E-state index contributed by atoms with van der Waals surface area (Å²) in [6.45, 7) is -0.0112. The molecule has 0 aromatic heterocycles. The van der Waals surface area contributed by atoms with Crippen molar-refractivity contribution in [3.63, 3.8) is 0 Å². The van der Waals surface area contributed by atoms with E-state index in [-0.39, 0.29) is 13.0 Å². The highest BCUT2D eigenvalue weighted by atomic mass is 31.2. The van der Waals surface area contributed by atoms with Gasteiger partial charge in [0.25, 0.3) is 0 Å². The molecule has 17 heavy (non-hydrogen) atoms. The van der Waals surface area contributed by atoms with E-state index in [1.165, 1.54) is 0 Å². The minimum atomic E-state index is -4.37. The standard InChI is InChI=1S/C10H10F3O3P/c11-10(12,13)9-6-7-14-17(16-9)15-8-4-2-1-3-5-8/h1-5,9H,6-7H2. The fourth-order valence-electron chi connectivity index (χ4n) is 1.26. The van der Waals surface area contributed by atoms with Gasteiger partial charge in [-0.1, -0.05) is 18.2 Å². The number of alkyl halides is 3. The Morgan fingerprint density at radius 2 is 1.94 bits per heavy atom. The topological polar surface area (TPSA) is 27.7 Å². The second-order valence-corrected chi connectivity index (χ2v) is 4.48. The lowest BCUT2D eigenvalue weighted by Crippen LogP contribution is -2.34. The first-order valence-electron chi connectivity index (χ1n) is 4.95. The van der Waals surface area contributed by atoms with Crippen LogP contribution in [0.2, 0.25) is 0 Å². The fraction of sp³-hybridized carbons (Fsp3) is 0.400. The van der Waals surface area contributed by atoms with E-state index in [1.54, 1.807) is 30.3 Å². The lowest BCUT2D eigenvalue weighted by atomic mass is 10.2. The molecule has 1 aliphatic heterocycles. The van der Waals surface area contributed by atoms with Gasteiger partial charge in [0.05, 0.1) is 6.61 Å². The lowest BCUT2D eigenvalue weighted by Gasteiger charge is -2.29. The summed E-state index contributed by atoms with van der Waals surface area (Å²) in [6, 6.07) is 8.48. The maximum Gasteiger partial charge on any atom is 0.415 e. The highest BCUT2D eigenvalue weighted by Gasteiger charge is 2.45. The van der Waals surface area contributed by atoms with Crippen molar-refractivity contribution < 1.29 is 26.7 Å². The average Bonchev–Trinajstić information content (AvgIpc) is 2.29. The van der Waals surface area contributed by atoms with Crippen LogP contribution in [0.5, 0.6) is 5.75 Å². The fourth-order valence-corrected chi connectivity index (χ4v) is 2.40. The molecule has 1 fully saturated rings. The second kappa shape index (κ2) is 5.21. The normalized spacial score (nSPS) is 25.6. The van der Waals surface area contributed by atoms with Crippen molar-refractivity contribution in [1.29, 1.82) is 0 Å². The summed E-state index contributed by atoms with van der Waals surface area (Å²) in [5, 5.41) is 0. The van der Waals surface area contributed by atoms with E-state index in [9.17, 15) is 13.2 Å². The minimum absolute atomic E-state index is 0.0112. The molecule has 2 rings (SSSR count). The Hall–Kier alpha value is -0.840. The molecule has 0 aliphatic carbocycles. The van der Waals surface area contributed by atoms with Crippen molar-refractivity contribution in [2.75, 3.05) is 6.61 Å². The predicted molar refractivity (Wildman–Crippen MR) is 55.5 cm³/mol. The molecule has 1 saturated heterocycles. The Morgan fingerprint density at radius 1 is 1.24 bits per heavy atom. The summed E-state index contributed by atoms with van der Waals surface area (Å²) in [5.74, 6) is 0.432. The smallest absolute Gasteiger partial charge is 0.415 e. The number of benzene rings is 1. The van der Waals surface area contributed by atoms with Gasteiger partial charge in [-0.2, -0.15) is 13.2 Å². The minimum Gasteiger partial charge on any atom is -0.427 e. The quantitative estimate of drug-likeness (QED) is 0.764. The van der Waals surface area contributed by atoms with Gasteiger partial charge in [0.15, 0.2) is 6.10 Å². The van der Waals surface area contributed by atoms with Crippen molar-refractivity contribution in [3.8, 4) is 5.75 Å². The maximum absolute atomic E-state index is 12.4. The number of hydrogen-bond acceptors (Lipinski definition) is 3. The maximum atomic E-state index is 12.4. The van der Waals surface area contributed by atoms with Crippen LogP contribution in [0.4, 0.5) is 13.2 Å². The first-order valence-corrected chi connectivity index (χ1v) is 6.05. The summed E-state index contributed by atoms with van der Waals surface area (Å²) in [4.78, 5) is 0. The van der Waals surface area contributed by atoms with E-state index >= 15 is 0 Å². The van der Waals surface area contributed by atoms with Crippen LogP contribution in [0.3, 0.4) is 0 Å². The Labute approximate surface area is 97.5 Å². The first kappa shape index (κ1) is 12.6. The highest BCUT2D eigenvalue weighted by molar-refractivity contribution is 7.42. The Morgan fingerprint density at radius 3 is 2.59 bits per heavy atom. The molecule has 1 aliphatic rings. The van der Waals surface area contributed by atoms with Gasteiger partial charge >= 0.3 is 14.8 Å². The average molecular weight is 266 g/mol. The Bertz CT molecular complexity index is 358. The second-order valence-electron chi connectivity index (χ2n) is 3.39. The third kappa shape index (κ3) is 3.56. The van der Waals surface area contributed by atoms with Crippen LogP contribution in [-0.4, -0.2) is 18.9 Å². The number of para-hydroxylation sites is 1. The monoisotopic (exact) mass is 266 g/mol. The van der Waals surface area contributed by atoms with Crippen LogP contribution in [0.15, 0.2) is 30.3 Å². The molecule has 2 unspecified atom stereocenters. The van der Waals surface area contributed by atoms with E-state index in [0.717, 1.165) is 0 Å². The zero-order chi connectivity index (χ0) is 12.3. The third-order valence-electron chi connectivity index (χ3n) is 2.08. The molecule has 0 radical (unpaired) electrons. The summed E-state index contributed by atoms with van der Waals surface area (Å²) in [7, 11) is -1.97. The van der Waals surface area contributed by atoms with Gasteiger partial charge in [-0.05, 0) is 12.1 Å². The van der Waals surface area contributed by atoms with Gasteiger partial charge in [0.1, 0.15) is 5.75 Å². The predicted octanol–water partition coefficient (Wildman–Crippen LogP) is 3.66. The van der Waals surface area contributed by atoms with Crippen LogP contribution in [0.1, 0.15) is 6.42 Å². The van der Waals surface area contributed by atoms with Crippen LogP contribution >= 0.6 is 8.60 Å². The Balaban J connectivity index is 1.94. The van der Waals surface area contributed by atoms with Gasteiger partial charge in [-0.25, -0.2) is 0 Å². The van der Waals surface area contributed by atoms with Gasteiger partial charge in [0.2, 0.25) is 0 Å². The summed E-state index contributed by atoms with van der Waals surface area (Å²) in [6.07, 6.45) is -6.36. The largest absolute Gasteiger partial charge is 0.427 e. The third-order valence-corrected chi connectivity index (χ3v) is 3.26. The molecule has 3 nitrogen and oxygen atoms in total. The van der Waals surface area contributed by atoms with E-state index in [1.807, 2.05) is 0 Å². The molecule has 0 spiro atoms. The van der Waals surface area contributed by atoms with Gasteiger partial charge in [-0.3, -0.25) is 4.52 Å². The van der Waals surface area contributed by atoms with Crippen LogP contribution < -0.4 is 4.52 Å².